The Morgan fingerprint density at radius 2 is 1.86 bits per heavy atom. The number of halogens is 1. The van der Waals surface area contributed by atoms with E-state index in [4.69, 9.17) is 10.00 Å². The van der Waals surface area contributed by atoms with Crippen LogP contribution in [0.2, 0.25) is 0 Å². The number of hydrogen-bond donors (Lipinski definition) is 2. The SMILES string of the molecule is CC(C)(C)OC(=O)[C@H](Cc1ccccc1)NC(=O)Nc1ccc(F)cc1C#N. The van der Waals surface area contributed by atoms with Gasteiger partial charge in [-0.05, 0) is 44.5 Å². The van der Waals surface area contributed by atoms with Crippen molar-refractivity contribution in [2.24, 2.45) is 0 Å². The van der Waals surface area contributed by atoms with E-state index in [1.807, 2.05) is 36.4 Å². The average molecular weight is 383 g/mol. The van der Waals surface area contributed by atoms with Gasteiger partial charge in [0.25, 0.3) is 0 Å². The summed E-state index contributed by atoms with van der Waals surface area (Å²) in [6.07, 6.45) is 0.234. The van der Waals surface area contributed by atoms with Gasteiger partial charge in [-0.3, -0.25) is 0 Å². The molecule has 0 spiro atoms. The van der Waals surface area contributed by atoms with Gasteiger partial charge in [-0.2, -0.15) is 5.26 Å². The molecule has 7 heteroatoms. The zero-order chi connectivity index (χ0) is 20.7. The highest BCUT2D eigenvalue weighted by molar-refractivity contribution is 5.93. The lowest BCUT2D eigenvalue weighted by Gasteiger charge is -2.25. The second kappa shape index (κ2) is 9.00. The lowest BCUT2D eigenvalue weighted by molar-refractivity contribution is -0.157. The zero-order valence-electron chi connectivity index (χ0n) is 16.0. The number of carbonyl (C=O) groups excluding carboxylic acids is 2. The van der Waals surface area contributed by atoms with Crippen LogP contribution in [0.3, 0.4) is 0 Å². The van der Waals surface area contributed by atoms with Crippen molar-refractivity contribution in [1.82, 2.24) is 5.32 Å². The third-order valence-corrected chi connectivity index (χ3v) is 3.63. The van der Waals surface area contributed by atoms with Crippen molar-refractivity contribution in [1.29, 1.82) is 5.26 Å². The third-order valence-electron chi connectivity index (χ3n) is 3.63. The average Bonchev–Trinajstić information content (AvgIpc) is 2.62. The fourth-order valence-electron chi connectivity index (χ4n) is 2.45. The number of amides is 2. The Bertz CT molecular complexity index is 886. The van der Waals surface area contributed by atoms with Gasteiger partial charge in [-0.25, -0.2) is 14.0 Å². The molecule has 0 bridgehead atoms. The fourth-order valence-corrected chi connectivity index (χ4v) is 2.45. The van der Waals surface area contributed by atoms with E-state index in [1.165, 1.54) is 6.07 Å². The Kier molecular flexibility index (Phi) is 6.72. The Hall–Kier alpha value is -3.40. The standard InChI is InChI=1S/C21H22FN3O3/c1-21(2,3)28-19(26)18(11-14-7-5-4-6-8-14)25-20(27)24-17-10-9-16(22)12-15(17)13-23/h4-10,12,18H,11H2,1-3H3,(H2,24,25,27)/t18-/m0/s1. The molecule has 1 atom stereocenters. The molecule has 0 fully saturated rings. The molecule has 146 valence electrons. The van der Waals surface area contributed by atoms with Crippen molar-refractivity contribution in [3.05, 3.63) is 65.5 Å². The van der Waals surface area contributed by atoms with Gasteiger partial charge < -0.3 is 15.4 Å². The molecule has 28 heavy (non-hydrogen) atoms. The van der Waals surface area contributed by atoms with E-state index in [0.29, 0.717) is 0 Å². The molecule has 2 N–H and O–H groups in total. The molecule has 0 saturated carbocycles. The first-order valence-electron chi connectivity index (χ1n) is 8.72. The lowest BCUT2D eigenvalue weighted by atomic mass is 10.1. The van der Waals surface area contributed by atoms with Gasteiger partial charge in [-0.1, -0.05) is 30.3 Å². The summed E-state index contributed by atoms with van der Waals surface area (Å²) < 4.78 is 18.6. The summed E-state index contributed by atoms with van der Waals surface area (Å²) in [6.45, 7) is 5.22. The molecule has 2 aromatic carbocycles. The number of nitrogens with zero attached hydrogens (tertiary/aromatic N) is 1. The largest absolute Gasteiger partial charge is 0.458 e. The van der Waals surface area contributed by atoms with Crippen molar-refractivity contribution in [2.75, 3.05) is 5.32 Å². The minimum atomic E-state index is -0.937. The smallest absolute Gasteiger partial charge is 0.329 e. The number of carbonyl (C=O) groups is 2. The van der Waals surface area contributed by atoms with Gasteiger partial charge in [0.05, 0.1) is 11.3 Å². The van der Waals surface area contributed by atoms with E-state index in [1.54, 1.807) is 20.8 Å². The van der Waals surface area contributed by atoms with Crippen molar-refractivity contribution < 1.29 is 18.7 Å². The van der Waals surface area contributed by atoms with Crippen LogP contribution in [-0.2, 0) is 16.0 Å². The molecule has 2 aromatic rings. The molecule has 0 saturated heterocycles. The highest BCUT2D eigenvalue weighted by Gasteiger charge is 2.27. The van der Waals surface area contributed by atoms with Crippen molar-refractivity contribution in [3.8, 4) is 6.07 Å². The molecule has 6 nitrogen and oxygen atoms in total. The van der Waals surface area contributed by atoms with Crippen LogP contribution >= 0.6 is 0 Å². The maximum atomic E-state index is 13.2. The van der Waals surface area contributed by atoms with E-state index in [2.05, 4.69) is 10.6 Å². The molecule has 2 amide bonds. The van der Waals surface area contributed by atoms with Gasteiger partial charge in [0.2, 0.25) is 0 Å². The maximum absolute atomic E-state index is 13.2. The number of urea groups is 1. The summed E-state index contributed by atoms with van der Waals surface area (Å²) in [5, 5.41) is 14.1. The topological polar surface area (TPSA) is 91.2 Å². The Balaban J connectivity index is 2.15. The molecular formula is C21H22FN3O3. The Morgan fingerprint density at radius 1 is 1.18 bits per heavy atom. The molecule has 0 aliphatic rings. The number of rotatable bonds is 5. The first-order chi connectivity index (χ1) is 13.2. The molecule has 0 aliphatic heterocycles. The van der Waals surface area contributed by atoms with E-state index < -0.39 is 29.5 Å². The first-order valence-corrected chi connectivity index (χ1v) is 8.72. The second-order valence-corrected chi connectivity index (χ2v) is 7.18. The van der Waals surface area contributed by atoms with Crippen LogP contribution in [0.15, 0.2) is 48.5 Å². The quantitative estimate of drug-likeness (QED) is 0.769. The monoisotopic (exact) mass is 383 g/mol. The minimum Gasteiger partial charge on any atom is -0.458 e. The normalized spacial score (nSPS) is 11.8. The van der Waals surface area contributed by atoms with Crippen LogP contribution in [0.1, 0.15) is 31.9 Å². The number of hydrogen-bond acceptors (Lipinski definition) is 4. The zero-order valence-corrected chi connectivity index (χ0v) is 16.0. The summed E-state index contributed by atoms with van der Waals surface area (Å²) in [7, 11) is 0. The van der Waals surface area contributed by atoms with Gasteiger partial charge in [-0.15, -0.1) is 0 Å². The number of nitrogens with one attached hydrogen (secondary N) is 2. The van der Waals surface area contributed by atoms with Crippen molar-refractivity contribution in [3.63, 3.8) is 0 Å². The number of anilines is 1. The van der Waals surface area contributed by atoms with E-state index in [-0.39, 0.29) is 17.7 Å². The minimum absolute atomic E-state index is 0.0213. The van der Waals surface area contributed by atoms with Crippen LogP contribution < -0.4 is 10.6 Å². The van der Waals surface area contributed by atoms with Gasteiger partial charge in [0, 0.05) is 6.42 Å². The second-order valence-electron chi connectivity index (χ2n) is 7.18. The van der Waals surface area contributed by atoms with E-state index in [9.17, 15) is 14.0 Å². The van der Waals surface area contributed by atoms with E-state index in [0.717, 1.165) is 17.7 Å². The maximum Gasteiger partial charge on any atom is 0.329 e. The Labute approximate surface area is 163 Å². The molecule has 0 radical (unpaired) electrons. The lowest BCUT2D eigenvalue weighted by Crippen LogP contribution is -2.47. The van der Waals surface area contributed by atoms with Crippen LogP contribution in [-0.4, -0.2) is 23.6 Å². The molecular weight excluding hydrogens is 361 g/mol. The Morgan fingerprint density at radius 3 is 2.46 bits per heavy atom. The summed E-state index contributed by atoms with van der Waals surface area (Å²) in [4.78, 5) is 25.0. The number of benzene rings is 2. The molecule has 2 rings (SSSR count). The predicted molar refractivity (Wildman–Crippen MR) is 103 cm³/mol. The molecule has 0 aromatic heterocycles. The fraction of sp³-hybridized carbons (Fsp3) is 0.286. The van der Waals surface area contributed by atoms with Crippen LogP contribution in [0.5, 0.6) is 0 Å². The predicted octanol–water partition coefficient (Wildman–Crippen LogP) is 3.77. The van der Waals surface area contributed by atoms with Gasteiger partial charge in [0.1, 0.15) is 23.5 Å². The van der Waals surface area contributed by atoms with Crippen molar-refractivity contribution in [2.45, 2.75) is 38.8 Å². The number of nitriles is 1. The highest BCUT2D eigenvalue weighted by Crippen LogP contribution is 2.16. The summed E-state index contributed by atoms with van der Waals surface area (Å²) in [5.74, 6) is -1.16. The van der Waals surface area contributed by atoms with Gasteiger partial charge in [0.15, 0.2) is 0 Å². The highest BCUT2D eigenvalue weighted by atomic mass is 19.1. The van der Waals surface area contributed by atoms with E-state index >= 15 is 0 Å². The molecule has 0 unspecified atom stereocenters. The van der Waals surface area contributed by atoms with Gasteiger partial charge >= 0.3 is 12.0 Å². The summed E-state index contributed by atoms with van der Waals surface area (Å²) >= 11 is 0. The summed E-state index contributed by atoms with van der Waals surface area (Å²) in [5.41, 5.74) is 0.254. The number of ether oxygens (including phenoxy) is 1. The first kappa shape index (κ1) is 20.9. The summed E-state index contributed by atoms with van der Waals surface area (Å²) in [6, 6.07) is 12.8. The third kappa shape index (κ3) is 6.40. The van der Waals surface area contributed by atoms with Crippen molar-refractivity contribution >= 4 is 17.7 Å². The van der Waals surface area contributed by atoms with Crippen LogP contribution in [0, 0.1) is 17.1 Å². The van der Waals surface area contributed by atoms with Crippen LogP contribution in [0.25, 0.3) is 0 Å². The molecule has 0 aliphatic carbocycles. The number of esters is 1. The molecule has 0 heterocycles. The van der Waals surface area contributed by atoms with Crippen LogP contribution in [0.4, 0.5) is 14.9 Å².